The highest BCUT2D eigenvalue weighted by Gasteiger charge is 2.26. The molecule has 46 heavy (non-hydrogen) atoms. The van der Waals surface area contributed by atoms with E-state index >= 15 is 0 Å². The van der Waals surface area contributed by atoms with Crippen molar-refractivity contribution in [2.45, 2.75) is 19.4 Å². The molecule has 0 fully saturated rings. The summed E-state index contributed by atoms with van der Waals surface area (Å²) in [6.07, 6.45) is 0.120. The van der Waals surface area contributed by atoms with Gasteiger partial charge < -0.3 is 29.5 Å². The lowest BCUT2D eigenvalue weighted by atomic mass is 9.98. The van der Waals surface area contributed by atoms with E-state index in [0.29, 0.717) is 21.8 Å². The highest BCUT2D eigenvalue weighted by molar-refractivity contribution is 6.31. The van der Waals surface area contributed by atoms with Crippen molar-refractivity contribution in [3.63, 3.8) is 0 Å². The van der Waals surface area contributed by atoms with Crippen LogP contribution in [-0.2, 0) is 11.2 Å². The van der Waals surface area contributed by atoms with Crippen LogP contribution in [0.3, 0.4) is 0 Å². The lowest BCUT2D eigenvalue weighted by Gasteiger charge is -2.21. The number of halogens is 1. The number of carboxylic acids is 1. The van der Waals surface area contributed by atoms with Crippen molar-refractivity contribution < 1.29 is 33.8 Å². The first kappa shape index (κ1) is 35.6. The number of hydrogen-bond acceptors (Lipinski definition) is 8. The molecule has 0 saturated carbocycles. The number of nitrogens with zero attached hydrogens (tertiary/aromatic N) is 3. The Balaban J connectivity index is 0.000000738. The lowest BCUT2D eigenvalue weighted by Crippen LogP contribution is -2.36. The molecule has 0 aliphatic rings. The number of amides is 1. The van der Waals surface area contributed by atoms with Gasteiger partial charge in [-0.2, -0.15) is 0 Å². The predicted octanol–water partition coefficient (Wildman–Crippen LogP) is 3.25. The summed E-state index contributed by atoms with van der Waals surface area (Å²) in [7, 11) is 7.52. The number of ether oxygens (including phenoxy) is 1. The van der Waals surface area contributed by atoms with Crippen LogP contribution in [0.25, 0.3) is 11.1 Å². The fourth-order valence-electron chi connectivity index (χ4n) is 4.41. The Kier molecular flexibility index (Phi) is 12.3. The summed E-state index contributed by atoms with van der Waals surface area (Å²) in [5.74, 6) is -2.12. The minimum absolute atomic E-state index is 0.0172. The number of nitrogens with one attached hydrogen (secondary N) is 1. The largest absolute Gasteiger partial charge is 0.545 e. The van der Waals surface area contributed by atoms with Crippen molar-refractivity contribution in [1.29, 1.82) is 0 Å². The summed E-state index contributed by atoms with van der Waals surface area (Å²) < 4.78 is 7.36. The molecule has 11 nitrogen and oxygen atoms in total. The standard InChI is InChI=1S/C29H24ClN3O6.C5H14NO/c1-17(34)22-13-10-20(30)15-23(22)24-16-26(35)33(32-28(24)39-2)25(14-18-6-4-3-5-7-18)27(36)31-21-11-8-19(9-12-21)29(37)38;1-6(2,3)4-5-7/h3-13,15-16,25H,14H2,1-2H3,(H,31,36)(H,37,38);7H,4-5H2,1-3H3/q;+1/p-1/t25-;/m0./s1. The molecule has 0 unspecified atom stereocenters. The second-order valence-electron chi connectivity index (χ2n) is 11.4. The van der Waals surface area contributed by atoms with Gasteiger partial charge in [-0.05, 0) is 53.9 Å². The smallest absolute Gasteiger partial charge is 0.268 e. The fourth-order valence-corrected chi connectivity index (χ4v) is 4.58. The first-order valence-corrected chi connectivity index (χ1v) is 14.7. The molecule has 0 saturated heterocycles. The van der Waals surface area contributed by atoms with Gasteiger partial charge in [0.1, 0.15) is 12.6 Å². The molecule has 12 heteroatoms. The van der Waals surface area contributed by atoms with Crippen molar-refractivity contribution in [1.82, 2.24) is 9.78 Å². The second-order valence-corrected chi connectivity index (χ2v) is 11.8. The van der Waals surface area contributed by atoms with Gasteiger partial charge in [-0.25, -0.2) is 4.68 Å². The van der Waals surface area contributed by atoms with Crippen molar-refractivity contribution in [2.75, 3.05) is 46.7 Å². The molecule has 4 aromatic rings. The number of carbonyl (C=O) groups excluding carboxylic acids is 3. The third kappa shape index (κ3) is 9.83. The van der Waals surface area contributed by atoms with Crippen LogP contribution >= 0.6 is 11.6 Å². The molecule has 0 spiro atoms. The van der Waals surface area contributed by atoms with Crippen LogP contribution in [0.5, 0.6) is 5.88 Å². The number of Topliss-reactive ketones (excluding diaryl/α,β-unsaturated/α-hetero) is 1. The Hall–Kier alpha value is -4.84. The molecule has 242 valence electrons. The number of benzene rings is 3. The zero-order valence-corrected chi connectivity index (χ0v) is 27.1. The van der Waals surface area contributed by atoms with Crippen LogP contribution in [-0.4, -0.2) is 78.4 Å². The molecule has 0 aliphatic carbocycles. The number of carbonyl (C=O) groups is 3. The Morgan fingerprint density at radius 1 is 1.00 bits per heavy atom. The van der Waals surface area contributed by atoms with Gasteiger partial charge in [0.15, 0.2) is 5.78 Å². The van der Waals surface area contributed by atoms with Gasteiger partial charge in [0.2, 0.25) is 11.8 Å². The van der Waals surface area contributed by atoms with Crippen molar-refractivity contribution >= 4 is 34.9 Å². The van der Waals surface area contributed by atoms with E-state index in [4.69, 9.17) is 21.4 Å². The van der Waals surface area contributed by atoms with E-state index in [1.165, 1.54) is 44.4 Å². The minimum Gasteiger partial charge on any atom is -0.545 e. The zero-order valence-electron chi connectivity index (χ0n) is 26.3. The minimum atomic E-state index is -1.34. The van der Waals surface area contributed by atoms with Gasteiger partial charge in [0, 0.05) is 28.8 Å². The van der Waals surface area contributed by atoms with E-state index in [2.05, 4.69) is 31.6 Å². The number of hydrogen-bond donors (Lipinski definition) is 2. The van der Waals surface area contributed by atoms with Gasteiger partial charge >= 0.3 is 0 Å². The van der Waals surface area contributed by atoms with Crippen LogP contribution in [0, 0.1) is 0 Å². The van der Waals surface area contributed by atoms with E-state index in [1.807, 2.05) is 30.3 Å². The van der Waals surface area contributed by atoms with E-state index in [0.717, 1.165) is 21.3 Å². The number of aliphatic hydroxyl groups is 1. The van der Waals surface area contributed by atoms with E-state index < -0.39 is 23.5 Å². The van der Waals surface area contributed by atoms with E-state index in [1.54, 1.807) is 18.2 Å². The van der Waals surface area contributed by atoms with Gasteiger partial charge in [0.25, 0.3) is 5.56 Å². The second kappa shape index (κ2) is 15.9. The van der Waals surface area contributed by atoms with Crippen LogP contribution in [0.15, 0.2) is 83.7 Å². The molecule has 1 heterocycles. The third-order valence-corrected chi connectivity index (χ3v) is 7.03. The highest BCUT2D eigenvalue weighted by atomic mass is 35.5. The normalized spacial score (nSPS) is 11.5. The number of anilines is 1. The Morgan fingerprint density at radius 3 is 2.17 bits per heavy atom. The van der Waals surface area contributed by atoms with Gasteiger partial charge in [-0.15, -0.1) is 5.10 Å². The molecule has 0 bridgehead atoms. The van der Waals surface area contributed by atoms with Crippen LogP contribution in [0.1, 0.15) is 39.2 Å². The topological polar surface area (TPSA) is 151 Å². The number of aromatic nitrogens is 2. The van der Waals surface area contributed by atoms with Crippen molar-refractivity contribution in [2.24, 2.45) is 0 Å². The number of aliphatic hydroxyl groups excluding tert-OH is 1. The summed E-state index contributed by atoms with van der Waals surface area (Å²) in [4.78, 5) is 50.2. The van der Waals surface area contributed by atoms with Crippen molar-refractivity contribution in [3.05, 3.63) is 111 Å². The molecule has 1 aromatic heterocycles. The van der Waals surface area contributed by atoms with E-state index in [9.17, 15) is 24.3 Å². The highest BCUT2D eigenvalue weighted by Crippen LogP contribution is 2.32. The predicted molar refractivity (Wildman–Crippen MR) is 174 cm³/mol. The van der Waals surface area contributed by atoms with Crippen LogP contribution in [0.4, 0.5) is 5.69 Å². The number of aromatic carboxylic acids is 1. The summed E-state index contributed by atoms with van der Waals surface area (Å²) in [6.45, 7) is 2.51. The summed E-state index contributed by atoms with van der Waals surface area (Å²) in [6, 6.07) is 19.4. The lowest BCUT2D eigenvalue weighted by molar-refractivity contribution is -0.870. The number of quaternary nitrogens is 1. The summed E-state index contributed by atoms with van der Waals surface area (Å²) in [5.41, 5.74) is 1.40. The van der Waals surface area contributed by atoms with Crippen LogP contribution < -0.4 is 20.7 Å². The molecule has 3 aromatic carbocycles. The molecular weight excluding hydrogens is 612 g/mol. The quantitative estimate of drug-likeness (QED) is 0.186. The number of methoxy groups -OCH3 is 1. The SMILES string of the molecule is COc1nn([C@@H](Cc2ccccc2)C(=O)Nc2ccc(C(=O)[O-])cc2)c(=O)cc1-c1cc(Cl)ccc1C(C)=O.C[N+](C)(C)CCO. The molecule has 0 radical (unpaired) electrons. The number of carboxylic acid groups (broad SMARTS) is 1. The number of likely N-dealkylation sites (N-methyl/N-ethyl adjacent to an activating group) is 1. The van der Waals surface area contributed by atoms with Gasteiger partial charge in [0.05, 0.1) is 46.4 Å². The maximum Gasteiger partial charge on any atom is 0.268 e. The monoisotopic (exact) mass is 648 g/mol. The molecule has 4 rings (SSSR count). The first-order chi connectivity index (χ1) is 21.7. The molecular formula is C34H37ClN4O7. The number of rotatable bonds is 11. The first-order valence-electron chi connectivity index (χ1n) is 14.3. The zero-order chi connectivity index (χ0) is 34.0. The Bertz CT molecular complexity index is 1730. The molecule has 2 N–H and O–H groups in total. The maximum atomic E-state index is 13.5. The average Bonchev–Trinajstić information content (AvgIpc) is 3.00. The summed E-state index contributed by atoms with van der Waals surface area (Å²) in [5, 5.41) is 26.9. The Morgan fingerprint density at radius 2 is 1.65 bits per heavy atom. The Labute approximate surface area is 272 Å². The maximum absolute atomic E-state index is 13.5. The van der Waals surface area contributed by atoms with Crippen molar-refractivity contribution in [3.8, 4) is 17.0 Å². The molecule has 1 amide bonds. The third-order valence-electron chi connectivity index (χ3n) is 6.80. The van der Waals surface area contributed by atoms with Crippen LogP contribution in [0.2, 0.25) is 5.02 Å². The molecule has 0 aliphatic heterocycles. The van der Waals surface area contributed by atoms with Gasteiger partial charge in [-0.3, -0.25) is 14.4 Å². The van der Waals surface area contributed by atoms with E-state index in [-0.39, 0.29) is 35.8 Å². The average molecular weight is 649 g/mol. The molecule has 1 atom stereocenters. The number of ketones is 1. The summed E-state index contributed by atoms with van der Waals surface area (Å²) >= 11 is 6.18. The van der Waals surface area contributed by atoms with Gasteiger partial charge in [-0.1, -0.05) is 54.1 Å². The fraction of sp³-hybridized carbons (Fsp3) is 0.265.